The molecule has 2 saturated heterocycles. The van der Waals surface area contributed by atoms with E-state index >= 15 is 0 Å². The number of terminal acetylenes is 1. The molecule has 0 unspecified atom stereocenters. The Labute approximate surface area is 317 Å². The van der Waals surface area contributed by atoms with Gasteiger partial charge in [0, 0.05) is 40.0 Å². The molecular formula is C36H38Co2O11Si. The van der Waals surface area contributed by atoms with Gasteiger partial charge in [-0.05, 0) is 29.3 Å². The minimum atomic E-state index is -2.79. The fourth-order valence-electron chi connectivity index (χ4n) is 5.58. The largest absolute Gasteiger partial charge is 0 e. The van der Waals surface area contributed by atoms with Gasteiger partial charge in [0.1, 0.15) is 17.8 Å². The van der Waals surface area contributed by atoms with Gasteiger partial charge in [0.2, 0.25) is 0 Å². The third-order valence-corrected chi connectivity index (χ3v) is 12.1. The Hall–Kier alpha value is -2.79. The molecule has 2 fully saturated rings. The Balaban J connectivity index is -0.000000437. The van der Waals surface area contributed by atoms with E-state index in [-0.39, 0.29) is 45.2 Å². The zero-order valence-corrected chi connectivity index (χ0v) is 31.2. The van der Waals surface area contributed by atoms with Crippen LogP contribution in [0, 0.1) is 52.2 Å². The Kier molecular flexibility index (Phi) is 33.8. The molecule has 0 N–H and O–H groups in total. The van der Waals surface area contributed by atoms with E-state index in [0.29, 0.717) is 13.0 Å². The zero-order valence-electron chi connectivity index (χ0n) is 28.1. The van der Waals surface area contributed by atoms with Gasteiger partial charge in [-0.15, -0.1) is 18.9 Å². The van der Waals surface area contributed by atoms with Crippen LogP contribution in [-0.4, -0.2) is 51.4 Å². The van der Waals surface area contributed by atoms with E-state index in [1.54, 1.807) is 6.08 Å². The molecule has 0 bridgehead atoms. The molecule has 14 heteroatoms. The van der Waals surface area contributed by atoms with Crippen LogP contribution in [-0.2, 0) is 84.8 Å². The van der Waals surface area contributed by atoms with Crippen molar-refractivity contribution in [3.8, 4) is 12.3 Å². The summed E-state index contributed by atoms with van der Waals surface area (Å²) >= 11 is 0. The van der Waals surface area contributed by atoms with Crippen LogP contribution in [0.15, 0.2) is 73.3 Å². The molecule has 0 aromatic heterocycles. The number of hydrogen-bond donors (Lipinski definition) is 0. The van der Waals surface area contributed by atoms with Gasteiger partial charge in [-0.3, -0.25) is 0 Å². The van der Waals surface area contributed by atoms with Crippen molar-refractivity contribution in [2.75, 3.05) is 13.2 Å². The molecule has 11 nitrogen and oxygen atoms in total. The van der Waals surface area contributed by atoms with Gasteiger partial charge in [-0.2, -0.15) is 0 Å². The summed E-state index contributed by atoms with van der Waals surface area (Å²) in [7, 11) is -2.79. The summed E-state index contributed by atoms with van der Waals surface area (Å²) in [5, 5.41) is 2.23. The Bertz CT molecular complexity index is 1280. The predicted molar refractivity (Wildman–Crippen MR) is 168 cm³/mol. The molecule has 0 saturated carbocycles. The van der Waals surface area contributed by atoms with Crippen molar-refractivity contribution in [1.29, 1.82) is 0 Å². The quantitative estimate of drug-likeness (QED) is 0.122. The van der Waals surface area contributed by atoms with Gasteiger partial charge in [0.15, 0.2) is 12.1 Å². The van der Waals surface area contributed by atoms with E-state index in [1.807, 2.05) is 26.0 Å². The standard InChI is InChI=1S/C30H38O5Si.6CO.2Co/c1-8-20-30(31-21-9-2)25(33-27-26(30)34-29(6,7)35-27)22-32-36(28(3,4)5,23-16-12-10-13-17-23)24-18-14-11-15-19-24;6*1-2;;/h1,9-19,25-27H,2,20-22H2,3-7H3;;;;;;;;/t25-,26-,27+,30-;;;;;;;;/m1......../s1. The number of ether oxygens (including phenoxy) is 4. The SMILES string of the molecule is C#CC[C@]1(OCC=C)[C@@H]2OC(C)(C)O[C@@H]2O[C@@H]1CO[Si](c1ccccc1)(c1ccccc1)C(C)(C)C.[C-]#[O+].[C-]#[O+].[C-]#[O+].[C-]#[O+].[C-]#[O+].[C-]#[O+].[Co].[Co]. The molecule has 4 rings (SSSR count). The maximum absolute atomic E-state index is 7.50. The van der Waals surface area contributed by atoms with Gasteiger partial charge in [0.25, 0.3) is 8.32 Å². The molecule has 2 aliphatic heterocycles. The van der Waals surface area contributed by atoms with Gasteiger partial charge in [-0.1, -0.05) is 87.5 Å². The second kappa shape index (κ2) is 29.9. The summed E-state index contributed by atoms with van der Waals surface area (Å²) in [5.41, 5.74) is -0.924. The second-order valence-corrected chi connectivity index (χ2v) is 15.3. The number of hydrogen-bond acceptors (Lipinski definition) is 5. The van der Waals surface area contributed by atoms with Crippen LogP contribution in [0.1, 0.15) is 41.0 Å². The minimum absolute atomic E-state index is 0. The third kappa shape index (κ3) is 14.1. The predicted octanol–water partition coefficient (Wildman–Crippen LogP) is 4.17. The van der Waals surface area contributed by atoms with Crippen molar-refractivity contribution in [2.24, 2.45) is 0 Å². The summed E-state index contributed by atoms with van der Waals surface area (Å²) in [5.74, 6) is 2.01. The van der Waals surface area contributed by atoms with Crippen molar-refractivity contribution in [3.63, 3.8) is 0 Å². The van der Waals surface area contributed by atoms with Crippen LogP contribution in [0.25, 0.3) is 0 Å². The van der Waals surface area contributed by atoms with E-state index in [2.05, 4.69) is 122 Å². The Morgan fingerprint density at radius 3 is 1.60 bits per heavy atom. The van der Waals surface area contributed by atoms with Crippen LogP contribution in [0.5, 0.6) is 0 Å². The van der Waals surface area contributed by atoms with Gasteiger partial charge >= 0.3 is 67.8 Å². The first-order chi connectivity index (χ1) is 23.1. The summed E-state index contributed by atoms with van der Waals surface area (Å²) in [6.07, 6.45) is 6.34. The van der Waals surface area contributed by atoms with Crippen molar-refractivity contribution in [1.82, 2.24) is 0 Å². The fourth-order valence-corrected chi connectivity index (χ4v) is 10.1. The maximum Gasteiger partial charge on any atom is 0 e. The molecule has 2 aromatic rings. The van der Waals surface area contributed by atoms with E-state index in [0.717, 1.165) is 0 Å². The van der Waals surface area contributed by atoms with Gasteiger partial charge < -0.3 is 23.4 Å². The summed E-state index contributed by atoms with van der Waals surface area (Å²) in [6, 6.07) is 21.1. The van der Waals surface area contributed by atoms with E-state index in [9.17, 15) is 0 Å². The Morgan fingerprint density at radius 2 is 1.24 bits per heavy atom. The molecule has 2 radical (unpaired) electrons. The van der Waals surface area contributed by atoms with Crippen molar-refractivity contribution >= 4 is 18.7 Å². The first-order valence-electron chi connectivity index (χ1n) is 13.8. The van der Waals surface area contributed by atoms with Crippen LogP contribution >= 0.6 is 0 Å². The van der Waals surface area contributed by atoms with Crippen molar-refractivity contribution in [2.45, 2.75) is 76.0 Å². The minimum Gasteiger partial charge on any atom is 0 e. The summed E-state index contributed by atoms with van der Waals surface area (Å²) in [4.78, 5) is 0. The van der Waals surface area contributed by atoms with Crippen LogP contribution in [0.2, 0.25) is 5.04 Å². The van der Waals surface area contributed by atoms with Crippen LogP contribution in [0.3, 0.4) is 0 Å². The molecule has 4 atom stereocenters. The molecule has 2 heterocycles. The summed E-state index contributed by atoms with van der Waals surface area (Å²) < 4.78 is 77.4. The smallest absolute Gasteiger partial charge is 0 e. The molecule has 0 spiro atoms. The summed E-state index contributed by atoms with van der Waals surface area (Å²) in [6.45, 7) is 41.9. The van der Waals surface area contributed by atoms with Gasteiger partial charge in [-0.25, -0.2) is 0 Å². The first-order valence-corrected chi connectivity index (χ1v) is 15.7. The molecule has 270 valence electrons. The zero-order chi connectivity index (χ0) is 38.0. The van der Waals surface area contributed by atoms with Crippen LogP contribution in [0.4, 0.5) is 0 Å². The second-order valence-electron chi connectivity index (χ2n) is 11.0. The number of fused-ring (bicyclic) bond motifs is 1. The molecule has 2 aromatic carbocycles. The van der Waals surface area contributed by atoms with Crippen molar-refractivity contribution < 1.29 is 84.8 Å². The van der Waals surface area contributed by atoms with Gasteiger partial charge in [0.05, 0.1) is 13.2 Å². The molecule has 0 aliphatic carbocycles. The normalized spacial score (nSPS) is 20.0. The monoisotopic (exact) mass is 792 g/mol. The molecule has 2 aliphatic rings. The topological polar surface area (TPSA) is 166 Å². The number of rotatable bonds is 9. The third-order valence-electron chi connectivity index (χ3n) is 7.10. The fraction of sp³-hybridized carbons (Fsp3) is 0.389. The van der Waals surface area contributed by atoms with Crippen LogP contribution < -0.4 is 10.4 Å². The molecule has 0 amide bonds. The average molecular weight is 793 g/mol. The van der Waals surface area contributed by atoms with Crippen molar-refractivity contribution in [3.05, 3.63) is 113 Å². The Morgan fingerprint density at radius 1 is 0.820 bits per heavy atom. The number of benzene rings is 2. The molecule has 50 heavy (non-hydrogen) atoms. The maximum atomic E-state index is 7.50. The van der Waals surface area contributed by atoms with E-state index < -0.39 is 38.2 Å². The van der Waals surface area contributed by atoms with E-state index in [4.69, 9.17) is 57.7 Å². The first kappa shape index (κ1) is 56.6. The average Bonchev–Trinajstić information content (AvgIpc) is 3.59. The molecular weight excluding hydrogens is 754 g/mol. The van der Waals surface area contributed by atoms with E-state index in [1.165, 1.54) is 10.4 Å².